The Hall–Kier alpha value is -1.22. The van der Waals surface area contributed by atoms with E-state index in [-0.39, 0.29) is 39.0 Å². The molecule has 0 unspecified atom stereocenters. The number of carbonyl (C=O) groups is 1. The van der Waals surface area contributed by atoms with E-state index in [1.807, 2.05) is 6.07 Å². The summed E-state index contributed by atoms with van der Waals surface area (Å²) in [6.45, 7) is 0.0434. The van der Waals surface area contributed by atoms with Gasteiger partial charge >= 0.3 is 0 Å². The number of aromatic nitrogens is 1. The molecule has 0 saturated carbocycles. The first-order valence-corrected chi connectivity index (χ1v) is 5.92. The van der Waals surface area contributed by atoms with Gasteiger partial charge in [-0.2, -0.15) is 5.26 Å². The molecule has 0 saturated heterocycles. The molecule has 0 aliphatic carbocycles. The zero-order chi connectivity index (χ0) is 13.9. The lowest BCUT2D eigenvalue weighted by Crippen LogP contribution is -2.33. The molecule has 1 N–H and O–H groups in total. The van der Waals surface area contributed by atoms with Gasteiger partial charge in [0.1, 0.15) is 16.7 Å². The summed E-state index contributed by atoms with van der Waals surface area (Å²) in [6.07, 6.45) is 0. The lowest BCUT2D eigenvalue weighted by atomic mass is 10.3. The van der Waals surface area contributed by atoms with Crippen LogP contribution in [0.4, 0.5) is 5.82 Å². The van der Waals surface area contributed by atoms with Crippen molar-refractivity contribution in [1.82, 2.24) is 10.3 Å². The monoisotopic (exact) mass is 306 g/mol. The maximum Gasteiger partial charge on any atom is 0.239 e. The fourth-order valence-electron chi connectivity index (χ4n) is 1.21. The number of nitrogens with zero attached hydrogens (tertiary/aromatic N) is 3. The van der Waals surface area contributed by atoms with E-state index in [4.69, 9.17) is 40.1 Å². The molecule has 0 bridgehead atoms. The van der Waals surface area contributed by atoms with Crippen molar-refractivity contribution in [3.8, 4) is 6.07 Å². The Morgan fingerprint density at radius 2 is 2.06 bits per heavy atom. The van der Waals surface area contributed by atoms with Gasteiger partial charge in [0.25, 0.3) is 0 Å². The maximum absolute atomic E-state index is 11.3. The Morgan fingerprint density at radius 3 is 2.56 bits per heavy atom. The van der Waals surface area contributed by atoms with Crippen LogP contribution in [0.2, 0.25) is 15.2 Å². The van der Waals surface area contributed by atoms with E-state index in [0.29, 0.717) is 0 Å². The van der Waals surface area contributed by atoms with E-state index in [2.05, 4.69) is 10.3 Å². The number of anilines is 1. The largest absolute Gasteiger partial charge is 0.358 e. The molecule has 1 rings (SSSR count). The van der Waals surface area contributed by atoms with Crippen molar-refractivity contribution in [2.24, 2.45) is 0 Å². The smallest absolute Gasteiger partial charge is 0.239 e. The van der Waals surface area contributed by atoms with Crippen molar-refractivity contribution >= 4 is 46.5 Å². The lowest BCUT2D eigenvalue weighted by Gasteiger charge is -2.19. The Bertz CT molecular complexity index is 527. The van der Waals surface area contributed by atoms with Crippen LogP contribution in [0.1, 0.15) is 5.56 Å². The summed E-state index contributed by atoms with van der Waals surface area (Å²) in [5.74, 6) is 0.0289. The van der Waals surface area contributed by atoms with Gasteiger partial charge in [-0.1, -0.05) is 34.8 Å². The topological polar surface area (TPSA) is 69.0 Å². The normalized spacial score (nSPS) is 9.78. The van der Waals surface area contributed by atoms with Gasteiger partial charge in [-0.05, 0) is 0 Å². The molecule has 1 heterocycles. The van der Waals surface area contributed by atoms with Crippen LogP contribution in [0.25, 0.3) is 0 Å². The molecule has 18 heavy (non-hydrogen) atoms. The second kappa shape index (κ2) is 6.10. The minimum Gasteiger partial charge on any atom is -0.358 e. The van der Waals surface area contributed by atoms with Gasteiger partial charge in [-0.3, -0.25) is 4.79 Å². The molecule has 1 amide bonds. The molecule has 1 aromatic rings. The third kappa shape index (κ3) is 2.96. The van der Waals surface area contributed by atoms with E-state index < -0.39 is 0 Å². The molecule has 0 aliphatic rings. The number of nitriles is 1. The van der Waals surface area contributed by atoms with Crippen LogP contribution < -0.4 is 10.2 Å². The third-order valence-electron chi connectivity index (χ3n) is 2.15. The highest BCUT2D eigenvalue weighted by Gasteiger charge is 2.19. The van der Waals surface area contributed by atoms with Crippen LogP contribution in [0.3, 0.4) is 0 Å². The summed E-state index contributed by atoms with van der Waals surface area (Å²) in [5.41, 5.74) is 0.0143. The van der Waals surface area contributed by atoms with Gasteiger partial charge in [-0.15, -0.1) is 0 Å². The Labute approximate surface area is 119 Å². The number of hydrogen-bond donors (Lipinski definition) is 1. The Kier molecular flexibility index (Phi) is 5.03. The molecule has 0 fully saturated rings. The van der Waals surface area contributed by atoms with Crippen LogP contribution in [0, 0.1) is 11.3 Å². The summed E-state index contributed by atoms with van der Waals surface area (Å²) < 4.78 is 0. The van der Waals surface area contributed by atoms with Gasteiger partial charge in [-0.25, -0.2) is 4.98 Å². The number of halogens is 3. The average molecular weight is 308 g/mol. The minimum atomic E-state index is -0.216. The van der Waals surface area contributed by atoms with Gasteiger partial charge in [0, 0.05) is 14.1 Å². The molecule has 1 aromatic heterocycles. The van der Waals surface area contributed by atoms with Crippen molar-refractivity contribution in [3.63, 3.8) is 0 Å². The van der Waals surface area contributed by atoms with E-state index in [1.54, 1.807) is 7.05 Å². The first-order valence-electron chi connectivity index (χ1n) is 4.78. The van der Waals surface area contributed by atoms with Crippen LogP contribution in [0.5, 0.6) is 0 Å². The van der Waals surface area contributed by atoms with E-state index in [9.17, 15) is 4.79 Å². The minimum absolute atomic E-state index is 0.0143. The first-order chi connectivity index (χ1) is 8.42. The molecule has 8 heteroatoms. The number of hydrogen-bond acceptors (Lipinski definition) is 4. The summed E-state index contributed by atoms with van der Waals surface area (Å²) in [7, 11) is 3.13. The number of amides is 1. The zero-order valence-corrected chi connectivity index (χ0v) is 11.9. The van der Waals surface area contributed by atoms with Crippen molar-refractivity contribution in [2.75, 3.05) is 25.5 Å². The fourth-order valence-corrected chi connectivity index (χ4v) is 1.98. The molecule has 0 atom stereocenters. The Morgan fingerprint density at radius 1 is 1.44 bits per heavy atom. The molecule has 96 valence electrons. The highest BCUT2D eigenvalue weighted by Crippen LogP contribution is 2.36. The summed E-state index contributed by atoms with van der Waals surface area (Å²) >= 11 is 17.7. The second-order valence-electron chi connectivity index (χ2n) is 3.37. The highest BCUT2D eigenvalue weighted by atomic mass is 35.5. The maximum atomic E-state index is 11.3. The van der Waals surface area contributed by atoms with Crippen LogP contribution in [0.15, 0.2) is 0 Å². The predicted octanol–water partition coefficient (Wildman–Crippen LogP) is 2.10. The van der Waals surface area contributed by atoms with Crippen LogP contribution in [-0.4, -0.2) is 31.5 Å². The Balaban J connectivity index is 3.19. The molecule has 0 spiro atoms. The molecular formula is C10H9Cl3N4O. The van der Waals surface area contributed by atoms with Crippen LogP contribution >= 0.6 is 34.8 Å². The van der Waals surface area contributed by atoms with Gasteiger partial charge in [0.15, 0.2) is 11.0 Å². The standard InChI is InChI=1S/C10H9Cl3N4O/c1-15-6(18)4-17(2)10-8(12)7(11)5(3-14)9(13)16-10/h4H2,1-2H3,(H,15,18). The molecule has 0 radical (unpaired) electrons. The zero-order valence-electron chi connectivity index (χ0n) is 9.59. The van der Waals surface area contributed by atoms with Crippen molar-refractivity contribution in [3.05, 3.63) is 20.8 Å². The third-order valence-corrected chi connectivity index (χ3v) is 3.26. The van der Waals surface area contributed by atoms with E-state index in [1.165, 1.54) is 11.9 Å². The van der Waals surface area contributed by atoms with Crippen LogP contribution in [-0.2, 0) is 4.79 Å². The number of pyridine rings is 1. The number of rotatable bonds is 3. The van der Waals surface area contributed by atoms with Crippen molar-refractivity contribution < 1.29 is 4.79 Å². The number of carbonyl (C=O) groups excluding carboxylic acids is 1. The van der Waals surface area contributed by atoms with Gasteiger partial charge < -0.3 is 10.2 Å². The second-order valence-corrected chi connectivity index (χ2v) is 4.48. The average Bonchev–Trinajstić information content (AvgIpc) is 2.34. The predicted molar refractivity (Wildman–Crippen MR) is 71.3 cm³/mol. The molecule has 0 aliphatic heterocycles. The van der Waals surface area contributed by atoms with E-state index >= 15 is 0 Å². The summed E-state index contributed by atoms with van der Waals surface area (Å²) in [5, 5.41) is 11.4. The van der Waals surface area contributed by atoms with Gasteiger partial charge in [0.05, 0.1) is 11.6 Å². The number of likely N-dealkylation sites (N-methyl/N-ethyl adjacent to an activating group) is 2. The lowest BCUT2D eigenvalue weighted by molar-refractivity contribution is -0.119. The first kappa shape index (κ1) is 14.8. The highest BCUT2D eigenvalue weighted by molar-refractivity contribution is 6.45. The quantitative estimate of drug-likeness (QED) is 0.868. The summed E-state index contributed by atoms with van der Waals surface area (Å²) in [6, 6.07) is 1.81. The summed E-state index contributed by atoms with van der Waals surface area (Å²) in [4.78, 5) is 16.7. The van der Waals surface area contributed by atoms with E-state index in [0.717, 1.165) is 0 Å². The number of nitrogens with one attached hydrogen (secondary N) is 1. The molecular weight excluding hydrogens is 298 g/mol. The SMILES string of the molecule is CNC(=O)CN(C)c1nc(Cl)c(C#N)c(Cl)c1Cl. The molecule has 0 aromatic carbocycles. The van der Waals surface area contributed by atoms with Gasteiger partial charge in [0.2, 0.25) is 5.91 Å². The fraction of sp³-hybridized carbons (Fsp3) is 0.300. The van der Waals surface area contributed by atoms with Crippen molar-refractivity contribution in [1.29, 1.82) is 5.26 Å². The molecule has 5 nitrogen and oxygen atoms in total. The van der Waals surface area contributed by atoms with Crippen molar-refractivity contribution in [2.45, 2.75) is 0 Å².